The average Bonchev–Trinajstić information content (AvgIpc) is 3.31. The first-order chi connectivity index (χ1) is 9.57. The van der Waals surface area contributed by atoms with Crippen LogP contribution in [0.3, 0.4) is 0 Å². The molecule has 0 bridgehead atoms. The molecular weight excluding hydrogens is 276 g/mol. The summed E-state index contributed by atoms with van der Waals surface area (Å²) in [5.74, 6) is 0.398. The second-order valence-corrected chi connectivity index (χ2v) is 7.46. The van der Waals surface area contributed by atoms with Crippen molar-refractivity contribution >= 4 is 23.8 Å². The van der Waals surface area contributed by atoms with Gasteiger partial charge in [-0.25, -0.2) is 9.59 Å². The van der Waals surface area contributed by atoms with E-state index in [9.17, 15) is 14.7 Å². The molecule has 0 aromatic carbocycles. The lowest BCUT2D eigenvalue weighted by Crippen LogP contribution is -2.51. The monoisotopic (exact) mass is 298 g/mol. The molecule has 1 heterocycles. The summed E-state index contributed by atoms with van der Waals surface area (Å²) < 4.78 is 0. The van der Waals surface area contributed by atoms with Gasteiger partial charge in [0.05, 0.1) is 5.37 Å². The largest absolute Gasteiger partial charge is 0.480 e. The van der Waals surface area contributed by atoms with Crippen molar-refractivity contribution in [2.24, 2.45) is 11.3 Å². The lowest BCUT2D eigenvalue weighted by molar-refractivity contribution is -0.141. The Morgan fingerprint density at radius 1 is 1.40 bits per heavy atom. The van der Waals surface area contributed by atoms with Gasteiger partial charge < -0.3 is 10.4 Å². The number of amides is 2. The molecular formula is C14H22N2O3S. The molecule has 3 aliphatic rings. The van der Waals surface area contributed by atoms with Gasteiger partial charge >= 0.3 is 12.0 Å². The van der Waals surface area contributed by atoms with Crippen molar-refractivity contribution in [1.29, 1.82) is 0 Å². The first kappa shape index (κ1) is 14.0. The molecule has 1 aliphatic heterocycles. The van der Waals surface area contributed by atoms with Gasteiger partial charge in [-0.15, -0.1) is 11.8 Å². The van der Waals surface area contributed by atoms with E-state index in [-0.39, 0.29) is 11.4 Å². The molecule has 0 aromatic heterocycles. The molecule has 112 valence electrons. The van der Waals surface area contributed by atoms with Crippen molar-refractivity contribution in [3.05, 3.63) is 0 Å². The summed E-state index contributed by atoms with van der Waals surface area (Å²) in [5, 5.41) is 12.3. The summed E-state index contributed by atoms with van der Waals surface area (Å²) in [5.41, 5.74) is 0.350. The number of nitrogens with one attached hydrogen (secondary N) is 1. The van der Waals surface area contributed by atoms with Crippen molar-refractivity contribution in [1.82, 2.24) is 10.2 Å². The SMILES string of the molecule is CCC1SCC(C(=O)O)N1C(=O)NCC1(C2CC2)CC1. The Bertz CT molecular complexity index is 421. The minimum Gasteiger partial charge on any atom is -0.480 e. The molecule has 2 N–H and O–H groups in total. The molecule has 0 radical (unpaired) electrons. The van der Waals surface area contributed by atoms with E-state index in [0.29, 0.717) is 11.2 Å². The number of urea groups is 1. The molecule has 2 aliphatic carbocycles. The van der Waals surface area contributed by atoms with E-state index >= 15 is 0 Å². The standard InChI is InChI=1S/C14H22N2O3S/c1-2-11-16(10(7-20-11)12(17)18)13(19)15-8-14(5-6-14)9-3-4-9/h9-11H,2-8H2,1H3,(H,15,19)(H,17,18). The first-order valence-corrected chi connectivity index (χ1v) is 8.53. The van der Waals surface area contributed by atoms with E-state index in [1.807, 2.05) is 6.92 Å². The third-order valence-corrected chi connectivity index (χ3v) is 6.34. The zero-order valence-electron chi connectivity index (χ0n) is 11.8. The van der Waals surface area contributed by atoms with Crippen molar-refractivity contribution in [3.8, 4) is 0 Å². The van der Waals surface area contributed by atoms with E-state index in [1.54, 1.807) is 11.8 Å². The van der Waals surface area contributed by atoms with Crippen LogP contribution in [0.2, 0.25) is 0 Å². The summed E-state index contributed by atoms with van der Waals surface area (Å²) in [4.78, 5) is 25.2. The van der Waals surface area contributed by atoms with Crippen LogP contribution in [-0.4, -0.2) is 45.7 Å². The third kappa shape index (κ3) is 2.50. The van der Waals surface area contributed by atoms with Gasteiger partial charge in [-0.3, -0.25) is 4.90 Å². The highest BCUT2D eigenvalue weighted by atomic mass is 32.2. The lowest BCUT2D eigenvalue weighted by Gasteiger charge is -2.28. The number of nitrogens with zero attached hydrogens (tertiary/aromatic N) is 1. The van der Waals surface area contributed by atoms with Gasteiger partial charge in [0.1, 0.15) is 6.04 Å². The molecule has 3 rings (SSSR count). The Morgan fingerprint density at radius 3 is 2.60 bits per heavy atom. The van der Waals surface area contributed by atoms with E-state index < -0.39 is 12.0 Å². The fourth-order valence-corrected chi connectivity index (χ4v) is 4.62. The smallest absolute Gasteiger partial charge is 0.327 e. The third-order valence-electron chi connectivity index (χ3n) is 4.89. The summed E-state index contributed by atoms with van der Waals surface area (Å²) in [6.07, 6.45) is 5.81. The van der Waals surface area contributed by atoms with Crippen molar-refractivity contribution in [2.75, 3.05) is 12.3 Å². The molecule has 2 atom stereocenters. The van der Waals surface area contributed by atoms with E-state index in [2.05, 4.69) is 5.32 Å². The van der Waals surface area contributed by atoms with Crippen LogP contribution in [0.1, 0.15) is 39.0 Å². The highest BCUT2D eigenvalue weighted by Gasteiger charge is 2.54. The van der Waals surface area contributed by atoms with Gasteiger partial charge in [0, 0.05) is 12.3 Å². The summed E-state index contributed by atoms with van der Waals surface area (Å²) in [6.45, 7) is 2.72. The van der Waals surface area contributed by atoms with Crippen LogP contribution in [0.25, 0.3) is 0 Å². The molecule has 2 amide bonds. The van der Waals surface area contributed by atoms with E-state index in [0.717, 1.165) is 18.9 Å². The molecule has 20 heavy (non-hydrogen) atoms. The molecule has 0 aromatic rings. The number of carboxylic acid groups (broad SMARTS) is 1. The van der Waals surface area contributed by atoms with Gasteiger partial charge in [0.25, 0.3) is 0 Å². The Balaban J connectivity index is 1.60. The van der Waals surface area contributed by atoms with Crippen molar-refractivity contribution < 1.29 is 14.7 Å². The number of aliphatic carboxylic acids is 1. The fraction of sp³-hybridized carbons (Fsp3) is 0.857. The molecule has 3 fully saturated rings. The minimum atomic E-state index is -0.896. The molecule has 2 unspecified atom stereocenters. The maximum absolute atomic E-state index is 12.4. The number of hydrogen-bond acceptors (Lipinski definition) is 3. The zero-order chi connectivity index (χ0) is 14.3. The summed E-state index contributed by atoms with van der Waals surface area (Å²) in [6, 6.07) is -0.873. The highest BCUT2D eigenvalue weighted by Crippen LogP contribution is 2.60. The average molecular weight is 298 g/mol. The predicted octanol–water partition coefficient (Wildman–Crippen LogP) is 2.12. The minimum absolute atomic E-state index is 0.00724. The number of thioether (sulfide) groups is 1. The number of carboxylic acids is 1. The number of hydrogen-bond donors (Lipinski definition) is 2. The Labute approximate surface area is 123 Å². The van der Waals surface area contributed by atoms with Gasteiger partial charge in [0.2, 0.25) is 0 Å². The Kier molecular flexibility index (Phi) is 3.60. The van der Waals surface area contributed by atoms with Crippen LogP contribution in [0.15, 0.2) is 0 Å². The number of rotatable bonds is 5. The van der Waals surface area contributed by atoms with E-state index in [4.69, 9.17) is 0 Å². The maximum Gasteiger partial charge on any atom is 0.327 e. The normalized spacial score (nSPS) is 31.1. The molecule has 2 saturated carbocycles. The zero-order valence-corrected chi connectivity index (χ0v) is 12.6. The molecule has 0 spiro atoms. The van der Waals surface area contributed by atoms with Crippen LogP contribution in [0, 0.1) is 11.3 Å². The quantitative estimate of drug-likeness (QED) is 0.816. The maximum atomic E-state index is 12.4. The van der Waals surface area contributed by atoms with Crippen LogP contribution in [-0.2, 0) is 4.79 Å². The number of carbonyl (C=O) groups excluding carboxylic acids is 1. The highest BCUT2D eigenvalue weighted by molar-refractivity contribution is 8.00. The fourth-order valence-electron chi connectivity index (χ4n) is 3.27. The van der Waals surface area contributed by atoms with Gasteiger partial charge in [-0.05, 0) is 43.4 Å². The molecule has 1 saturated heterocycles. The van der Waals surface area contributed by atoms with Crippen molar-refractivity contribution in [2.45, 2.75) is 50.4 Å². The lowest BCUT2D eigenvalue weighted by atomic mass is 10.0. The Morgan fingerprint density at radius 2 is 2.10 bits per heavy atom. The second-order valence-electron chi connectivity index (χ2n) is 6.25. The van der Waals surface area contributed by atoms with Gasteiger partial charge in [-0.2, -0.15) is 0 Å². The molecule has 6 heteroatoms. The van der Waals surface area contributed by atoms with Crippen LogP contribution >= 0.6 is 11.8 Å². The van der Waals surface area contributed by atoms with Crippen LogP contribution in [0.4, 0.5) is 4.79 Å². The van der Waals surface area contributed by atoms with Gasteiger partial charge in [-0.1, -0.05) is 6.92 Å². The predicted molar refractivity (Wildman–Crippen MR) is 77.6 cm³/mol. The summed E-state index contributed by atoms with van der Waals surface area (Å²) in [7, 11) is 0. The first-order valence-electron chi connectivity index (χ1n) is 7.48. The summed E-state index contributed by atoms with van der Waals surface area (Å²) >= 11 is 1.57. The van der Waals surface area contributed by atoms with Crippen LogP contribution in [0.5, 0.6) is 0 Å². The Hall–Kier alpha value is -0.910. The number of carbonyl (C=O) groups is 2. The topological polar surface area (TPSA) is 69.6 Å². The van der Waals surface area contributed by atoms with Crippen molar-refractivity contribution in [3.63, 3.8) is 0 Å². The van der Waals surface area contributed by atoms with E-state index in [1.165, 1.54) is 30.6 Å². The molecule has 5 nitrogen and oxygen atoms in total. The van der Waals surface area contributed by atoms with Crippen LogP contribution < -0.4 is 5.32 Å². The van der Waals surface area contributed by atoms with Gasteiger partial charge in [0.15, 0.2) is 0 Å². The second kappa shape index (κ2) is 5.13.